The summed E-state index contributed by atoms with van der Waals surface area (Å²) in [5.41, 5.74) is 1.15. The highest BCUT2D eigenvalue weighted by Gasteiger charge is 2.06. The van der Waals surface area contributed by atoms with Crippen LogP contribution in [-0.4, -0.2) is 4.92 Å². The van der Waals surface area contributed by atoms with Crippen LogP contribution in [0.25, 0.3) is 16.5 Å². The lowest BCUT2D eigenvalue weighted by molar-refractivity contribution is -0.422. The lowest BCUT2D eigenvalue weighted by Gasteiger charge is -1.96. The van der Waals surface area contributed by atoms with Gasteiger partial charge in [-0.1, -0.05) is 23.7 Å². The highest BCUT2D eigenvalue weighted by molar-refractivity contribution is 7.16. The van der Waals surface area contributed by atoms with E-state index in [1.54, 1.807) is 6.08 Å². The maximum Gasteiger partial charge on any atom is 0.244 e. The molecule has 3 nitrogen and oxygen atoms in total. The summed E-state index contributed by atoms with van der Waals surface area (Å²) in [5.74, 6) is 0. The Hall–Kier alpha value is -1.65. The van der Waals surface area contributed by atoms with E-state index in [4.69, 9.17) is 11.6 Å². The zero-order valence-corrected chi connectivity index (χ0v) is 11.2. The summed E-state index contributed by atoms with van der Waals surface area (Å²) in [6.07, 6.45) is 1.57. The summed E-state index contributed by atoms with van der Waals surface area (Å²) in [6.45, 7) is 1.48. The van der Waals surface area contributed by atoms with Gasteiger partial charge in [0.05, 0.1) is 4.92 Å². The third kappa shape index (κ3) is 2.97. The van der Waals surface area contributed by atoms with Crippen molar-refractivity contribution in [1.82, 2.24) is 0 Å². The Kier molecular flexibility index (Phi) is 3.79. The Balaban J connectivity index is 2.31. The van der Waals surface area contributed by atoms with Gasteiger partial charge in [-0.2, -0.15) is 0 Å². The maximum atomic E-state index is 10.5. The summed E-state index contributed by atoms with van der Waals surface area (Å²) in [4.78, 5) is 12.1. The predicted molar refractivity (Wildman–Crippen MR) is 75.4 cm³/mol. The van der Waals surface area contributed by atoms with E-state index < -0.39 is 4.92 Å². The highest BCUT2D eigenvalue weighted by Crippen LogP contribution is 2.30. The Morgan fingerprint density at radius 1 is 1.39 bits per heavy atom. The number of rotatable bonds is 3. The number of allylic oxidation sites excluding steroid dienone is 1. The number of halogens is 1. The van der Waals surface area contributed by atoms with Gasteiger partial charge in [0.15, 0.2) is 0 Å². The van der Waals surface area contributed by atoms with Crippen molar-refractivity contribution in [3.05, 3.63) is 62.1 Å². The van der Waals surface area contributed by atoms with Crippen LogP contribution in [0.4, 0.5) is 0 Å². The Morgan fingerprint density at radius 3 is 2.83 bits per heavy atom. The Labute approximate surface area is 113 Å². The fourth-order valence-electron chi connectivity index (χ4n) is 1.49. The molecule has 0 saturated heterocycles. The van der Waals surface area contributed by atoms with Crippen LogP contribution in [0.2, 0.25) is 5.02 Å². The fraction of sp³-hybridized carbons (Fsp3) is 0.0769. The van der Waals surface area contributed by atoms with Crippen molar-refractivity contribution < 1.29 is 4.92 Å². The minimum Gasteiger partial charge on any atom is -0.259 e. The molecule has 0 aliphatic carbocycles. The molecule has 0 radical (unpaired) electrons. The van der Waals surface area contributed by atoms with Crippen LogP contribution in [0.5, 0.6) is 0 Å². The molecule has 0 atom stereocenters. The van der Waals surface area contributed by atoms with Crippen molar-refractivity contribution >= 4 is 29.0 Å². The van der Waals surface area contributed by atoms with E-state index >= 15 is 0 Å². The van der Waals surface area contributed by atoms with Crippen molar-refractivity contribution in [1.29, 1.82) is 0 Å². The minimum absolute atomic E-state index is 0.134. The Bertz CT molecular complexity index is 619. The number of hydrogen-bond acceptors (Lipinski definition) is 3. The van der Waals surface area contributed by atoms with Crippen molar-refractivity contribution in [3.63, 3.8) is 0 Å². The maximum absolute atomic E-state index is 10.5. The van der Waals surface area contributed by atoms with Gasteiger partial charge in [0.1, 0.15) is 0 Å². The second-order valence-electron chi connectivity index (χ2n) is 3.76. The molecule has 0 fully saturated rings. The molecule has 0 unspecified atom stereocenters. The summed E-state index contributed by atoms with van der Waals surface area (Å²) in [5, 5.41) is 11.2. The Morgan fingerprint density at radius 2 is 2.17 bits per heavy atom. The molecule has 1 aromatic heterocycles. The molecule has 0 amide bonds. The molecular formula is C13H10ClNO2S. The molecule has 2 aromatic rings. The summed E-state index contributed by atoms with van der Waals surface area (Å²) < 4.78 is 0. The third-order valence-corrected chi connectivity index (χ3v) is 3.69. The normalized spacial score (nSPS) is 11.6. The number of nitro groups is 1. The molecule has 0 saturated carbocycles. The zero-order valence-electron chi connectivity index (χ0n) is 9.59. The van der Waals surface area contributed by atoms with E-state index in [2.05, 4.69) is 0 Å². The van der Waals surface area contributed by atoms with E-state index in [0.717, 1.165) is 15.3 Å². The van der Waals surface area contributed by atoms with Crippen molar-refractivity contribution in [2.24, 2.45) is 0 Å². The first kappa shape index (κ1) is 12.8. The zero-order chi connectivity index (χ0) is 13.1. The monoisotopic (exact) mass is 279 g/mol. The van der Waals surface area contributed by atoms with E-state index in [0.29, 0.717) is 5.02 Å². The second-order valence-corrected chi connectivity index (χ2v) is 5.31. The van der Waals surface area contributed by atoms with Gasteiger partial charge in [-0.25, -0.2) is 0 Å². The largest absolute Gasteiger partial charge is 0.259 e. The number of thiophene rings is 1. The third-order valence-electron chi connectivity index (χ3n) is 2.38. The van der Waals surface area contributed by atoms with Crippen LogP contribution in [0.15, 0.2) is 42.1 Å². The topological polar surface area (TPSA) is 43.1 Å². The summed E-state index contributed by atoms with van der Waals surface area (Å²) in [6, 6.07) is 11.3. The fourth-order valence-corrected chi connectivity index (χ4v) is 2.68. The number of nitrogens with zero attached hydrogens (tertiary/aromatic N) is 1. The van der Waals surface area contributed by atoms with E-state index in [1.165, 1.54) is 18.3 Å². The highest BCUT2D eigenvalue weighted by atomic mass is 35.5. The van der Waals surface area contributed by atoms with Gasteiger partial charge >= 0.3 is 0 Å². The van der Waals surface area contributed by atoms with Crippen LogP contribution >= 0.6 is 22.9 Å². The average molecular weight is 280 g/mol. The first-order valence-corrected chi connectivity index (χ1v) is 6.44. The van der Waals surface area contributed by atoms with E-state index in [1.807, 2.05) is 36.4 Å². The van der Waals surface area contributed by atoms with Gasteiger partial charge in [0.25, 0.3) is 0 Å². The molecule has 1 heterocycles. The van der Waals surface area contributed by atoms with E-state index in [9.17, 15) is 10.1 Å². The van der Waals surface area contributed by atoms with Gasteiger partial charge in [0.2, 0.25) is 5.70 Å². The molecule has 18 heavy (non-hydrogen) atoms. The van der Waals surface area contributed by atoms with E-state index in [-0.39, 0.29) is 5.70 Å². The van der Waals surface area contributed by atoms with Gasteiger partial charge < -0.3 is 0 Å². The molecule has 0 bridgehead atoms. The van der Waals surface area contributed by atoms with Gasteiger partial charge in [0, 0.05) is 27.8 Å². The lowest BCUT2D eigenvalue weighted by atomic mass is 10.2. The molecule has 92 valence electrons. The van der Waals surface area contributed by atoms with Crippen LogP contribution in [-0.2, 0) is 0 Å². The van der Waals surface area contributed by atoms with Crippen LogP contribution < -0.4 is 0 Å². The molecule has 0 aliphatic heterocycles. The lowest BCUT2D eigenvalue weighted by Crippen LogP contribution is -1.91. The summed E-state index contributed by atoms with van der Waals surface area (Å²) >= 11 is 7.43. The van der Waals surface area contributed by atoms with Gasteiger partial charge in [-0.3, -0.25) is 10.1 Å². The SMILES string of the molecule is C/C(=C\c1ccc(-c2cccc(Cl)c2)s1)[N+](=O)[O-]. The first-order chi connectivity index (χ1) is 8.56. The average Bonchev–Trinajstić information content (AvgIpc) is 2.77. The smallest absolute Gasteiger partial charge is 0.244 e. The van der Waals surface area contributed by atoms with Crippen LogP contribution in [0.3, 0.4) is 0 Å². The quantitative estimate of drug-likeness (QED) is 0.603. The number of benzene rings is 1. The second kappa shape index (κ2) is 5.33. The molecule has 2 rings (SSSR count). The minimum atomic E-state index is -0.390. The number of hydrogen-bond donors (Lipinski definition) is 0. The van der Waals surface area contributed by atoms with Crippen LogP contribution in [0.1, 0.15) is 11.8 Å². The molecule has 0 aliphatic rings. The van der Waals surface area contributed by atoms with Crippen molar-refractivity contribution in [3.8, 4) is 10.4 Å². The van der Waals surface area contributed by atoms with Crippen molar-refractivity contribution in [2.45, 2.75) is 6.92 Å². The first-order valence-electron chi connectivity index (χ1n) is 5.25. The van der Waals surface area contributed by atoms with Crippen molar-refractivity contribution in [2.75, 3.05) is 0 Å². The molecule has 5 heteroatoms. The molecule has 0 spiro atoms. The standard InChI is InChI=1S/C13H10ClNO2S/c1-9(15(16)17)7-12-5-6-13(18-12)10-3-2-4-11(14)8-10/h2-8H,1H3/b9-7+. The van der Waals surface area contributed by atoms with Gasteiger partial charge in [-0.15, -0.1) is 11.3 Å². The van der Waals surface area contributed by atoms with Crippen LogP contribution in [0, 0.1) is 10.1 Å². The molecular weight excluding hydrogens is 270 g/mol. The molecule has 1 aromatic carbocycles. The predicted octanol–water partition coefficient (Wildman–Crippen LogP) is 4.71. The van der Waals surface area contributed by atoms with Gasteiger partial charge in [-0.05, 0) is 29.8 Å². The molecule has 0 N–H and O–H groups in total. The summed E-state index contributed by atoms with van der Waals surface area (Å²) in [7, 11) is 0.